The molecule has 0 saturated carbocycles. The zero-order valence-corrected chi connectivity index (χ0v) is 14.7. The summed E-state index contributed by atoms with van der Waals surface area (Å²) in [6.07, 6.45) is 3.20. The van der Waals surface area contributed by atoms with Crippen LogP contribution in [0, 0.1) is 0 Å². The van der Waals surface area contributed by atoms with Gasteiger partial charge in [-0.3, -0.25) is 14.2 Å². The third-order valence-corrected chi connectivity index (χ3v) is 4.10. The van der Waals surface area contributed by atoms with Crippen molar-refractivity contribution in [1.82, 2.24) is 19.8 Å². The molecule has 2 aromatic carbocycles. The fourth-order valence-electron chi connectivity index (χ4n) is 2.69. The molecule has 0 saturated heterocycles. The van der Waals surface area contributed by atoms with Crippen LogP contribution in [0.15, 0.2) is 67.1 Å². The lowest BCUT2D eigenvalue weighted by atomic mass is 10.1. The zero-order valence-electron chi connectivity index (χ0n) is 14.7. The summed E-state index contributed by atoms with van der Waals surface area (Å²) in [6.45, 7) is 0.437. The molecule has 0 bridgehead atoms. The van der Waals surface area contributed by atoms with Gasteiger partial charge in [-0.05, 0) is 29.8 Å². The second-order valence-corrected chi connectivity index (χ2v) is 5.92. The summed E-state index contributed by atoms with van der Waals surface area (Å²) in [6, 6.07) is 16.8. The highest BCUT2D eigenvalue weighted by molar-refractivity contribution is 5.94. The van der Waals surface area contributed by atoms with Crippen LogP contribution in [0.4, 0.5) is 0 Å². The van der Waals surface area contributed by atoms with Gasteiger partial charge in [0.2, 0.25) is 0 Å². The molecule has 0 aliphatic heterocycles. The first kappa shape index (κ1) is 17.4. The molecule has 6 heteroatoms. The summed E-state index contributed by atoms with van der Waals surface area (Å²) >= 11 is 0. The molecule has 1 N–H and O–H groups in total. The van der Waals surface area contributed by atoms with Crippen molar-refractivity contribution in [1.29, 1.82) is 0 Å². The number of nitrogens with one attached hydrogen (secondary N) is 1. The standard InChI is InChI=1S/C20H20N4O2/c1-21-19(25)16-10-8-15(9-11-16)13-23(2)20(26)18-12-22-14-24(18)17-6-4-3-5-7-17/h3-12,14H,13H2,1-2H3,(H,21,25). The van der Waals surface area contributed by atoms with Crippen molar-refractivity contribution in [3.8, 4) is 5.69 Å². The molecule has 0 radical (unpaired) electrons. The van der Waals surface area contributed by atoms with E-state index in [2.05, 4.69) is 10.3 Å². The third-order valence-electron chi connectivity index (χ3n) is 4.10. The molecule has 6 nitrogen and oxygen atoms in total. The van der Waals surface area contributed by atoms with Crippen LogP contribution in [0.1, 0.15) is 26.4 Å². The minimum atomic E-state index is -0.132. The average Bonchev–Trinajstić information content (AvgIpc) is 3.17. The van der Waals surface area contributed by atoms with Gasteiger partial charge in [0.25, 0.3) is 11.8 Å². The van der Waals surface area contributed by atoms with Crippen LogP contribution in [0.25, 0.3) is 5.69 Å². The number of carbonyl (C=O) groups excluding carboxylic acids is 2. The number of benzene rings is 2. The van der Waals surface area contributed by atoms with Crippen LogP contribution in [0.3, 0.4) is 0 Å². The monoisotopic (exact) mass is 348 g/mol. The molecule has 0 spiro atoms. The van der Waals surface area contributed by atoms with Crippen molar-refractivity contribution in [3.05, 3.63) is 83.9 Å². The summed E-state index contributed by atoms with van der Waals surface area (Å²) in [7, 11) is 3.34. The molecule has 0 aliphatic rings. The Morgan fingerprint density at radius 3 is 2.42 bits per heavy atom. The van der Waals surface area contributed by atoms with Crippen LogP contribution >= 0.6 is 0 Å². The van der Waals surface area contributed by atoms with Gasteiger partial charge >= 0.3 is 0 Å². The first-order valence-electron chi connectivity index (χ1n) is 8.24. The van der Waals surface area contributed by atoms with Crippen molar-refractivity contribution in [2.45, 2.75) is 6.54 Å². The molecule has 3 aromatic rings. The summed E-state index contributed by atoms with van der Waals surface area (Å²) in [4.78, 5) is 30.2. The van der Waals surface area contributed by atoms with E-state index in [0.717, 1.165) is 11.3 Å². The molecule has 0 unspecified atom stereocenters. The molecule has 1 aromatic heterocycles. The number of nitrogens with zero attached hydrogens (tertiary/aromatic N) is 3. The second-order valence-electron chi connectivity index (χ2n) is 5.92. The van der Waals surface area contributed by atoms with E-state index in [1.165, 1.54) is 0 Å². The van der Waals surface area contributed by atoms with Crippen molar-refractivity contribution in [3.63, 3.8) is 0 Å². The molecule has 2 amide bonds. The van der Waals surface area contributed by atoms with Gasteiger partial charge in [0.05, 0.1) is 12.5 Å². The van der Waals surface area contributed by atoms with Gasteiger partial charge in [0.1, 0.15) is 5.69 Å². The number of carbonyl (C=O) groups is 2. The first-order chi connectivity index (χ1) is 12.6. The van der Waals surface area contributed by atoms with Crippen molar-refractivity contribution >= 4 is 11.8 Å². The molecular formula is C20H20N4O2. The number of rotatable bonds is 5. The lowest BCUT2D eigenvalue weighted by Crippen LogP contribution is -2.28. The smallest absolute Gasteiger partial charge is 0.272 e. The van der Waals surface area contributed by atoms with E-state index in [1.807, 2.05) is 42.5 Å². The Balaban J connectivity index is 1.75. The largest absolute Gasteiger partial charge is 0.355 e. The minimum absolute atomic E-state index is 0.123. The predicted molar refractivity (Wildman–Crippen MR) is 99.2 cm³/mol. The lowest BCUT2D eigenvalue weighted by Gasteiger charge is -2.18. The maximum absolute atomic E-state index is 12.8. The molecule has 0 atom stereocenters. The van der Waals surface area contributed by atoms with Gasteiger partial charge < -0.3 is 10.2 Å². The Labute approximate surface area is 152 Å². The molecule has 132 valence electrons. The van der Waals surface area contributed by atoms with E-state index in [-0.39, 0.29) is 11.8 Å². The molecule has 0 fully saturated rings. The van der Waals surface area contributed by atoms with E-state index < -0.39 is 0 Å². The van der Waals surface area contributed by atoms with E-state index in [4.69, 9.17) is 0 Å². The Bertz CT molecular complexity index is 901. The normalized spacial score (nSPS) is 10.4. The number of hydrogen-bond donors (Lipinski definition) is 1. The van der Waals surface area contributed by atoms with Crippen LogP contribution in [-0.2, 0) is 6.54 Å². The lowest BCUT2D eigenvalue weighted by molar-refractivity contribution is 0.0776. The summed E-state index contributed by atoms with van der Waals surface area (Å²) in [5.74, 6) is -0.255. The van der Waals surface area contributed by atoms with E-state index in [9.17, 15) is 9.59 Å². The molecule has 26 heavy (non-hydrogen) atoms. The highest BCUT2D eigenvalue weighted by Gasteiger charge is 2.17. The third kappa shape index (κ3) is 3.64. The topological polar surface area (TPSA) is 67.2 Å². The first-order valence-corrected chi connectivity index (χ1v) is 8.24. The maximum atomic E-state index is 12.8. The molecular weight excluding hydrogens is 328 g/mol. The van der Waals surface area contributed by atoms with Crippen LogP contribution in [0.5, 0.6) is 0 Å². The van der Waals surface area contributed by atoms with Gasteiger partial charge in [-0.1, -0.05) is 30.3 Å². The van der Waals surface area contributed by atoms with Gasteiger partial charge in [-0.2, -0.15) is 0 Å². The van der Waals surface area contributed by atoms with Crippen molar-refractivity contribution in [2.24, 2.45) is 0 Å². The Morgan fingerprint density at radius 2 is 1.77 bits per heavy atom. The highest BCUT2D eigenvalue weighted by Crippen LogP contribution is 2.14. The summed E-state index contributed by atoms with van der Waals surface area (Å²) < 4.78 is 1.77. The predicted octanol–water partition coefficient (Wildman–Crippen LogP) is 2.50. The van der Waals surface area contributed by atoms with E-state index in [1.54, 1.807) is 48.2 Å². The Morgan fingerprint density at radius 1 is 1.08 bits per heavy atom. The van der Waals surface area contributed by atoms with Gasteiger partial charge in [0, 0.05) is 31.9 Å². The Kier molecular flexibility index (Phi) is 5.12. The number of para-hydroxylation sites is 1. The van der Waals surface area contributed by atoms with E-state index >= 15 is 0 Å². The number of hydrogen-bond acceptors (Lipinski definition) is 3. The highest BCUT2D eigenvalue weighted by atomic mass is 16.2. The molecule has 1 heterocycles. The van der Waals surface area contributed by atoms with Crippen molar-refractivity contribution in [2.75, 3.05) is 14.1 Å². The van der Waals surface area contributed by atoms with Gasteiger partial charge in [0.15, 0.2) is 0 Å². The molecule has 3 rings (SSSR count). The summed E-state index contributed by atoms with van der Waals surface area (Å²) in [5.41, 5.74) is 2.92. The average molecular weight is 348 g/mol. The fraction of sp³-hybridized carbons (Fsp3) is 0.150. The van der Waals surface area contributed by atoms with Crippen LogP contribution in [-0.4, -0.2) is 40.4 Å². The van der Waals surface area contributed by atoms with Gasteiger partial charge in [-0.25, -0.2) is 4.98 Å². The number of imidazole rings is 1. The number of amides is 2. The van der Waals surface area contributed by atoms with Crippen molar-refractivity contribution < 1.29 is 9.59 Å². The van der Waals surface area contributed by atoms with E-state index in [0.29, 0.717) is 17.8 Å². The minimum Gasteiger partial charge on any atom is -0.355 e. The summed E-state index contributed by atoms with van der Waals surface area (Å²) in [5, 5.41) is 2.59. The SMILES string of the molecule is CNC(=O)c1ccc(CN(C)C(=O)c2cncn2-c2ccccc2)cc1. The number of aromatic nitrogens is 2. The maximum Gasteiger partial charge on any atom is 0.272 e. The van der Waals surface area contributed by atoms with Gasteiger partial charge in [-0.15, -0.1) is 0 Å². The quantitative estimate of drug-likeness (QED) is 0.770. The van der Waals surface area contributed by atoms with Crippen LogP contribution in [0.2, 0.25) is 0 Å². The molecule has 0 aliphatic carbocycles. The Hall–Kier alpha value is -3.41. The van der Waals surface area contributed by atoms with Crippen LogP contribution < -0.4 is 5.32 Å². The zero-order chi connectivity index (χ0) is 18.5. The second kappa shape index (κ2) is 7.65. The fourth-order valence-corrected chi connectivity index (χ4v) is 2.69.